The minimum absolute atomic E-state index is 0.00150. The fourth-order valence-corrected chi connectivity index (χ4v) is 3.83. The average Bonchev–Trinajstić information content (AvgIpc) is 3.11. The van der Waals surface area contributed by atoms with E-state index >= 15 is 0 Å². The Morgan fingerprint density at radius 1 is 1.17 bits per heavy atom. The second kappa shape index (κ2) is 6.58. The van der Waals surface area contributed by atoms with Gasteiger partial charge in [0.05, 0.1) is 12.8 Å². The number of rotatable bonds is 5. The summed E-state index contributed by atoms with van der Waals surface area (Å²) in [7, 11) is -2.45. The van der Waals surface area contributed by atoms with Crippen molar-refractivity contribution in [3.05, 3.63) is 52.9 Å². The molecule has 3 rings (SSSR count). The third-order valence-corrected chi connectivity index (χ3v) is 5.35. The van der Waals surface area contributed by atoms with Gasteiger partial charge in [-0.25, -0.2) is 4.98 Å². The number of anilines is 1. The molecule has 0 amide bonds. The molecule has 1 aromatic carbocycles. The van der Waals surface area contributed by atoms with Crippen LogP contribution in [0, 0.1) is 6.92 Å². The van der Waals surface area contributed by atoms with Crippen molar-refractivity contribution in [2.45, 2.75) is 11.9 Å². The number of aromatic nitrogens is 2. The highest BCUT2D eigenvalue weighted by Gasteiger charge is 2.18. The molecule has 124 valence electrons. The van der Waals surface area contributed by atoms with Crippen LogP contribution in [0.25, 0.3) is 11.1 Å². The molecule has 0 aliphatic carbocycles. The number of aryl methyl sites for hydroxylation is 1. The second-order valence-electron chi connectivity index (χ2n) is 5.03. The van der Waals surface area contributed by atoms with E-state index in [1.54, 1.807) is 11.3 Å². The summed E-state index contributed by atoms with van der Waals surface area (Å²) in [6.45, 7) is 1.84. The van der Waals surface area contributed by atoms with Crippen LogP contribution in [-0.2, 0) is 10.0 Å². The summed E-state index contributed by atoms with van der Waals surface area (Å²) in [5.41, 5.74) is 3.32. The van der Waals surface area contributed by atoms with Gasteiger partial charge in [0.1, 0.15) is 0 Å². The predicted octanol–water partition coefficient (Wildman–Crippen LogP) is 3.32. The Morgan fingerprint density at radius 3 is 2.71 bits per heavy atom. The Morgan fingerprint density at radius 2 is 2.00 bits per heavy atom. The number of benzene rings is 1. The van der Waals surface area contributed by atoms with Gasteiger partial charge in [-0.3, -0.25) is 4.72 Å². The number of hydrogen-bond donors (Lipinski definition) is 1. The van der Waals surface area contributed by atoms with Gasteiger partial charge >= 0.3 is 6.01 Å². The zero-order chi connectivity index (χ0) is 17.2. The molecule has 0 fully saturated rings. The molecule has 24 heavy (non-hydrogen) atoms. The summed E-state index contributed by atoms with van der Waals surface area (Å²) in [5.74, 6) is 0. The van der Waals surface area contributed by atoms with Crippen LogP contribution < -0.4 is 9.46 Å². The topological polar surface area (TPSA) is 81.2 Å². The van der Waals surface area contributed by atoms with E-state index < -0.39 is 10.0 Å². The van der Waals surface area contributed by atoms with Gasteiger partial charge < -0.3 is 4.74 Å². The second-order valence-corrected chi connectivity index (χ2v) is 7.44. The highest BCUT2D eigenvalue weighted by molar-refractivity contribution is 7.92. The van der Waals surface area contributed by atoms with Crippen LogP contribution in [-0.4, -0.2) is 25.5 Å². The first-order valence-electron chi connectivity index (χ1n) is 7.03. The van der Waals surface area contributed by atoms with E-state index in [0.717, 1.165) is 16.7 Å². The first-order valence-corrected chi connectivity index (χ1v) is 9.45. The number of nitrogens with zero attached hydrogens (tertiary/aromatic N) is 2. The van der Waals surface area contributed by atoms with Crippen LogP contribution in [0.2, 0.25) is 0 Å². The van der Waals surface area contributed by atoms with Crippen LogP contribution in [0.15, 0.2) is 52.3 Å². The molecule has 0 unspecified atom stereocenters. The summed E-state index contributed by atoms with van der Waals surface area (Å²) < 4.78 is 32.6. The van der Waals surface area contributed by atoms with E-state index in [2.05, 4.69) is 14.7 Å². The van der Waals surface area contributed by atoms with Crippen LogP contribution in [0.1, 0.15) is 5.56 Å². The van der Waals surface area contributed by atoms with Gasteiger partial charge in [0.2, 0.25) is 0 Å². The monoisotopic (exact) mass is 361 g/mol. The van der Waals surface area contributed by atoms with Crippen molar-refractivity contribution in [1.29, 1.82) is 0 Å². The maximum atomic E-state index is 12.6. The summed E-state index contributed by atoms with van der Waals surface area (Å²) in [5, 5.41) is 3.85. The summed E-state index contributed by atoms with van der Waals surface area (Å²) in [4.78, 5) is 7.70. The van der Waals surface area contributed by atoms with Crippen molar-refractivity contribution in [2.24, 2.45) is 0 Å². The van der Waals surface area contributed by atoms with Crippen LogP contribution >= 0.6 is 11.3 Å². The number of sulfonamides is 1. The summed E-state index contributed by atoms with van der Waals surface area (Å²) >= 11 is 1.59. The van der Waals surface area contributed by atoms with Gasteiger partial charge in [0.15, 0.2) is 5.03 Å². The molecule has 0 aliphatic rings. The molecule has 6 nitrogen and oxygen atoms in total. The van der Waals surface area contributed by atoms with Crippen molar-refractivity contribution in [3.63, 3.8) is 0 Å². The lowest BCUT2D eigenvalue weighted by molar-refractivity contribution is 0.375. The van der Waals surface area contributed by atoms with Gasteiger partial charge in [0.25, 0.3) is 10.0 Å². The number of ether oxygens (including phenoxy) is 1. The number of thiophene rings is 1. The van der Waals surface area contributed by atoms with Crippen LogP contribution in [0.4, 0.5) is 5.69 Å². The number of nitrogens with one attached hydrogen (secondary N) is 1. The molecule has 0 atom stereocenters. The van der Waals surface area contributed by atoms with Crippen molar-refractivity contribution < 1.29 is 13.2 Å². The van der Waals surface area contributed by atoms with E-state index in [1.165, 1.54) is 19.4 Å². The molecular formula is C16H15N3O3S2. The normalized spacial score (nSPS) is 11.2. The molecule has 0 saturated heterocycles. The minimum Gasteiger partial charge on any atom is -0.467 e. The Labute approximate surface area is 144 Å². The lowest BCUT2D eigenvalue weighted by Crippen LogP contribution is -2.15. The van der Waals surface area contributed by atoms with Crippen molar-refractivity contribution in [2.75, 3.05) is 11.8 Å². The molecule has 0 aliphatic heterocycles. The van der Waals surface area contributed by atoms with E-state index in [4.69, 9.17) is 4.74 Å². The van der Waals surface area contributed by atoms with Crippen molar-refractivity contribution in [3.8, 4) is 17.1 Å². The van der Waals surface area contributed by atoms with Crippen LogP contribution in [0.3, 0.4) is 0 Å². The van der Waals surface area contributed by atoms with Crippen molar-refractivity contribution in [1.82, 2.24) is 9.97 Å². The standard InChI is InChI=1S/C16H15N3O3S2/c1-11-3-4-12(13-6-8-23-10-13)9-14(11)19-24(20,21)15-5-7-17-16(18-15)22-2/h3-10,19H,1-2H3. The third kappa shape index (κ3) is 3.39. The maximum absolute atomic E-state index is 12.6. The fourth-order valence-electron chi connectivity index (χ4n) is 2.11. The SMILES string of the molecule is COc1nccc(S(=O)(=O)Nc2cc(-c3ccsc3)ccc2C)n1. The average molecular weight is 361 g/mol. The van der Waals surface area contributed by atoms with Crippen LogP contribution in [0.5, 0.6) is 6.01 Å². The Hall–Kier alpha value is -2.45. The quantitative estimate of drug-likeness (QED) is 0.705. The lowest BCUT2D eigenvalue weighted by Gasteiger charge is -2.12. The molecule has 0 radical (unpaired) electrons. The van der Waals surface area contributed by atoms with Gasteiger partial charge in [-0.15, -0.1) is 0 Å². The molecule has 0 bridgehead atoms. The van der Waals surface area contributed by atoms with Gasteiger partial charge in [-0.2, -0.15) is 24.7 Å². The minimum atomic E-state index is -3.83. The lowest BCUT2D eigenvalue weighted by atomic mass is 10.1. The third-order valence-electron chi connectivity index (χ3n) is 3.40. The predicted molar refractivity (Wildman–Crippen MR) is 93.9 cm³/mol. The zero-order valence-electron chi connectivity index (χ0n) is 13.1. The van der Waals surface area contributed by atoms with E-state index in [1.807, 2.05) is 41.9 Å². The first-order chi connectivity index (χ1) is 11.5. The fraction of sp³-hybridized carbons (Fsp3) is 0.125. The number of methoxy groups -OCH3 is 1. The highest BCUT2D eigenvalue weighted by atomic mass is 32.2. The van der Waals surface area contributed by atoms with Gasteiger partial charge in [-0.05, 0) is 52.6 Å². The van der Waals surface area contributed by atoms with Crippen molar-refractivity contribution >= 4 is 27.0 Å². The molecule has 0 spiro atoms. The molecule has 2 aromatic heterocycles. The smallest absolute Gasteiger partial charge is 0.317 e. The first kappa shape index (κ1) is 16.4. The largest absolute Gasteiger partial charge is 0.467 e. The molecular weight excluding hydrogens is 346 g/mol. The Bertz CT molecular complexity index is 954. The molecule has 2 heterocycles. The van der Waals surface area contributed by atoms with E-state index in [0.29, 0.717) is 5.69 Å². The Kier molecular flexibility index (Phi) is 4.50. The molecule has 8 heteroatoms. The summed E-state index contributed by atoms with van der Waals surface area (Å²) in [6, 6.07) is 8.97. The Balaban J connectivity index is 1.96. The van der Waals surface area contributed by atoms with Gasteiger partial charge in [-0.1, -0.05) is 12.1 Å². The number of hydrogen-bond acceptors (Lipinski definition) is 6. The maximum Gasteiger partial charge on any atom is 0.317 e. The van der Waals surface area contributed by atoms with E-state index in [9.17, 15) is 8.42 Å². The molecule has 1 N–H and O–H groups in total. The summed E-state index contributed by atoms with van der Waals surface area (Å²) in [6.07, 6.45) is 1.34. The highest BCUT2D eigenvalue weighted by Crippen LogP contribution is 2.28. The molecule has 0 saturated carbocycles. The zero-order valence-corrected chi connectivity index (χ0v) is 14.7. The van der Waals surface area contributed by atoms with E-state index in [-0.39, 0.29) is 11.0 Å². The molecule has 3 aromatic rings. The van der Waals surface area contributed by atoms with Gasteiger partial charge in [0, 0.05) is 6.20 Å².